The Morgan fingerprint density at radius 2 is 1.71 bits per heavy atom. The third-order valence-corrected chi connectivity index (χ3v) is 4.09. The number of amides is 1. The number of para-hydroxylation sites is 1. The summed E-state index contributed by atoms with van der Waals surface area (Å²) in [7, 11) is 0. The number of carbonyl (C=O) groups excluding carboxylic acids is 1. The Bertz CT molecular complexity index is 743. The van der Waals surface area contributed by atoms with Crippen LogP contribution in [0.2, 0.25) is 0 Å². The number of carbonyl (C=O) groups is 1. The lowest BCUT2D eigenvalue weighted by molar-refractivity contribution is -0.384. The lowest BCUT2D eigenvalue weighted by Crippen LogP contribution is -2.63. The summed E-state index contributed by atoms with van der Waals surface area (Å²) in [5, 5.41) is 10.8. The van der Waals surface area contributed by atoms with E-state index in [0.29, 0.717) is 5.75 Å². The smallest absolute Gasteiger partial charge is 0.269 e. The highest BCUT2D eigenvalue weighted by atomic mass is 16.6. The number of β-lactam (4-membered cyclic amide) rings is 1. The fourth-order valence-electron chi connectivity index (χ4n) is 2.95. The van der Waals surface area contributed by atoms with Crippen LogP contribution in [0.25, 0.3) is 0 Å². The largest absolute Gasteiger partial charge is 0.478 e. The normalized spacial score (nSPS) is 20.0. The number of rotatable bonds is 5. The van der Waals surface area contributed by atoms with Gasteiger partial charge in [0.25, 0.3) is 11.6 Å². The molecule has 6 nitrogen and oxygen atoms in total. The second-order valence-electron chi connectivity index (χ2n) is 5.98. The highest BCUT2D eigenvalue weighted by Gasteiger charge is 2.51. The summed E-state index contributed by atoms with van der Waals surface area (Å²) >= 11 is 0. The molecule has 0 unspecified atom stereocenters. The molecule has 2 aromatic carbocycles. The Kier molecular flexibility index (Phi) is 4.20. The zero-order valence-electron chi connectivity index (χ0n) is 13.5. The van der Waals surface area contributed by atoms with Gasteiger partial charge in [-0.05, 0) is 43.7 Å². The van der Waals surface area contributed by atoms with Crippen LogP contribution < -0.4 is 4.74 Å². The van der Waals surface area contributed by atoms with Crippen molar-refractivity contribution < 1.29 is 14.5 Å². The van der Waals surface area contributed by atoms with E-state index in [1.807, 2.05) is 32.0 Å². The molecule has 1 saturated heterocycles. The van der Waals surface area contributed by atoms with Gasteiger partial charge in [0.15, 0.2) is 0 Å². The van der Waals surface area contributed by atoms with Gasteiger partial charge in [0.2, 0.25) is 6.10 Å². The average molecular weight is 326 g/mol. The van der Waals surface area contributed by atoms with Gasteiger partial charge in [-0.25, -0.2) is 0 Å². The molecule has 0 aliphatic carbocycles. The summed E-state index contributed by atoms with van der Waals surface area (Å²) in [6, 6.07) is 15.2. The molecule has 2 atom stereocenters. The van der Waals surface area contributed by atoms with E-state index in [0.717, 1.165) is 5.56 Å². The lowest BCUT2D eigenvalue weighted by atomic mass is 9.89. The van der Waals surface area contributed by atoms with Crippen molar-refractivity contribution >= 4 is 11.6 Å². The highest BCUT2D eigenvalue weighted by molar-refractivity contribution is 5.89. The van der Waals surface area contributed by atoms with Crippen molar-refractivity contribution in [3.63, 3.8) is 0 Å². The first-order chi connectivity index (χ1) is 11.5. The van der Waals surface area contributed by atoms with E-state index in [4.69, 9.17) is 4.74 Å². The monoisotopic (exact) mass is 326 g/mol. The second kappa shape index (κ2) is 6.31. The molecule has 1 heterocycles. The topological polar surface area (TPSA) is 72.7 Å². The number of nitro groups is 1. The molecule has 24 heavy (non-hydrogen) atoms. The quantitative estimate of drug-likeness (QED) is 0.480. The molecule has 1 amide bonds. The molecule has 124 valence electrons. The predicted molar refractivity (Wildman–Crippen MR) is 88.7 cm³/mol. The van der Waals surface area contributed by atoms with Crippen LogP contribution >= 0.6 is 0 Å². The number of likely N-dealkylation sites (tertiary alicyclic amines) is 1. The molecule has 0 N–H and O–H groups in total. The van der Waals surface area contributed by atoms with Crippen LogP contribution in [0, 0.1) is 10.1 Å². The van der Waals surface area contributed by atoms with Crippen LogP contribution in [-0.4, -0.2) is 27.9 Å². The van der Waals surface area contributed by atoms with Gasteiger partial charge in [-0.3, -0.25) is 14.9 Å². The standard InChI is InChI=1S/C18H18N2O4/c1-12(2)19-16(13-8-10-14(11-9-13)20(22)23)17(18(19)21)24-15-6-4-3-5-7-15/h3-12,16-17H,1-2H3/t16-,17+/m0/s1. The van der Waals surface area contributed by atoms with Gasteiger partial charge in [-0.1, -0.05) is 18.2 Å². The third-order valence-electron chi connectivity index (χ3n) is 4.09. The summed E-state index contributed by atoms with van der Waals surface area (Å²) in [6.07, 6.45) is -0.615. The third kappa shape index (κ3) is 2.82. The molecule has 0 saturated carbocycles. The first-order valence-electron chi connectivity index (χ1n) is 7.77. The zero-order chi connectivity index (χ0) is 17.3. The van der Waals surface area contributed by atoms with Gasteiger partial charge in [-0.15, -0.1) is 0 Å². The van der Waals surface area contributed by atoms with Crippen LogP contribution in [-0.2, 0) is 4.79 Å². The highest BCUT2D eigenvalue weighted by Crippen LogP contribution is 2.39. The molecule has 0 bridgehead atoms. The van der Waals surface area contributed by atoms with Gasteiger partial charge in [0, 0.05) is 18.2 Å². The van der Waals surface area contributed by atoms with Crippen molar-refractivity contribution in [1.29, 1.82) is 0 Å². The molecule has 1 aliphatic rings. The number of nitrogens with zero attached hydrogens (tertiary/aromatic N) is 2. The van der Waals surface area contributed by atoms with Crippen molar-refractivity contribution in [2.45, 2.75) is 32.0 Å². The Labute approximate surface area is 139 Å². The Morgan fingerprint density at radius 3 is 2.25 bits per heavy atom. The number of hydrogen-bond donors (Lipinski definition) is 0. The lowest BCUT2D eigenvalue weighted by Gasteiger charge is -2.49. The molecule has 6 heteroatoms. The maximum absolute atomic E-state index is 12.5. The van der Waals surface area contributed by atoms with Gasteiger partial charge < -0.3 is 9.64 Å². The van der Waals surface area contributed by atoms with E-state index in [9.17, 15) is 14.9 Å². The van der Waals surface area contributed by atoms with Crippen LogP contribution in [0.4, 0.5) is 5.69 Å². The zero-order valence-corrected chi connectivity index (χ0v) is 13.5. The van der Waals surface area contributed by atoms with Crippen molar-refractivity contribution in [1.82, 2.24) is 4.90 Å². The summed E-state index contributed by atoms with van der Waals surface area (Å²) in [5.41, 5.74) is 0.857. The summed E-state index contributed by atoms with van der Waals surface area (Å²) in [5.74, 6) is 0.559. The van der Waals surface area contributed by atoms with E-state index in [1.165, 1.54) is 12.1 Å². The minimum Gasteiger partial charge on any atom is -0.478 e. The number of non-ortho nitro benzene ring substituents is 1. The molecular weight excluding hydrogens is 308 g/mol. The van der Waals surface area contributed by atoms with Crippen LogP contribution in [0.3, 0.4) is 0 Å². The van der Waals surface area contributed by atoms with Crippen LogP contribution in [0.15, 0.2) is 54.6 Å². The molecule has 2 aromatic rings. The second-order valence-corrected chi connectivity index (χ2v) is 5.98. The molecule has 0 radical (unpaired) electrons. The first-order valence-corrected chi connectivity index (χ1v) is 7.77. The van der Waals surface area contributed by atoms with Gasteiger partial charge >= 0.3 is 0 Å². The predicted octanol–water partition coefficient (Wildman–Crippen LogP) is 3.33. The molecular formula is C18H18N2O4. The fourth-order valence-corrected chi connectivity index (χ4v) is 2.95. The minimum atomic E-state index is -0.615. The van der Waals surface area contributed by atoms with E-state index < -0.39 is 11.0 Å². The maximum Gasteiger partial charge on any atom is 0.269 e. The van der Waals surface area contributed by atoms with Crippen LogP contribution in [0.1, 0.15) is 25.5 Å². The van der Waals surface area contributed by atoms with Crippen molar-refractivity contribution in [3.8, 4) is 5.75 Å². The van der Waals surface area contributed by atoms with Crippen molar-refractivity contribution in [3.05, 3.63) is 70.3 Å². The average Bonchev–Trinajstić information content (AvgIpc) is 2.58. The van der Waals surface area contributed by atoms with Crippen molar-refractivity contribution in [2.75, 3.05) is 0 Å². The van der Waals surface area contributed by atoms with Gasteiger partial charge in [0.1, 0.15) is 11.8 Å². The molecule has 0 aromatic heterocycles. The Hall–Kier alpha value is -2.89. The first kappa shape index (κ1) is 16.0. The fraction of sp³-hybridized carbons (Fsp3) is 0.278. The summed E-state index contributed by atoms with van der Waals surface area (Å²) in [4.78, 5) is 24.6. The van der Waals surface area contributed by atoms with E-state index in [1.54, 1.807) is 29.2 Å². The van der Waals surface area contributed by atoms with Crippen molar-refractivity contribution in [2.24, 2.45) is 0 Å². The molecule has 0 spiro atoms. The molecule has 3 rings (SSSR count). The maximum atomic E-state index is 12.5. The van der Waals surface area contributed by atoms with Gasteiger partial charge in [0.05, 0.1) is 4.92 Å². The minimum absolute atomic E-state index is 0.0216. The Balaban J connectivity index is 1.88. The van der Waals surface area contributed by atoms with E-state index in [-0.39, 0.29) is 23.7 Å². The number of nitro benzene ring substituents is 1. The van der Waals surface area contributed by atoms with E-state index in [2.05, 4.69) is 0 Å². The summed E-state index contributed by atoms with van der Waals surface area (Å²) < 4.78 is 5.86. The molecule has 1 aliphatic heterocycles. The Morgan fingerprint density at radius 1 is 1.08 bits per heavy atom. The number of benzene rings is 2. The van der Waals surface area contributed by atoms with E-state index >= 15 is 0 Å². The molecule has 1 fully saturated rings. The summed E-state index contributed by atoms with van der Waals surface area (Å²) in [6.45, 7) is 3.88. The van der Waals surface area contributed by atoms with Crippen LogP contribution in [0.5, 0.6) is 5.75 Å². The van der Waals surface area contributed by atoms with Gasteiger partial charge in [-0.2, -0.15) is 0 Å². The SMILES string of the molecule is CC(C)N1C(=O)[C@H](Oc2ccccc2)[C@@H]1c1ccc([N+](=O)[O-])cc1. The number of hydrogen-bond acceptors (Lipinski definition) is 4. The number of ether oxygens (including phenoxy) is 1.